The fraction of sp³-hybridized carbons (Fsp3) is 0.357. The van der Waals surface area contributed by atoms with Gasteiger partial charge in [0.1, 0.15) is 15.7 Å². The predicted molar refractivity (Wildman–Crippen MR) is 79.0 cm³/mol. The number of benzene rings is 1. The van der Waals surface area contributed by atoms with Crippen LogP contribution < -0.4 is 11.1 Å². The van der Waals surface area contributed by atoms with Crippen LogP contribution >= 0.6 is 0 Å². The second-order valence-corrected chi connectivity index (χ2v) is 6.85. The molecular formula is C14H17FN2O3S. The molecule has 5 nitrogen and oxygen atoms in total. The van der Waals surface area contributed by atoms with E-state index in [1.54, 1.807) is 6.92 Å². The molecule has 1 amide bonds. The first-order valence-electron chi connectivity index (χ1n) is 6.20. The van der Waals surface area contributed by atoms with Gasteiger partial charge in [-0.2, -0.15) is 0 Å². The highest BCUT2D eigenvalue weighted by Crippen LogP contribution is 2.10. The molecule has 0 aliphatic heterocycles. The SMILES string of the molecule is CC(CS(C)(=O)=O)NC(=O)c1ccc(C#CCN)c(F)c1. The van der Waals surface area contributed by atoms with Crippen LogP contribution in [0.3, 0.4) is 0 Å². The highest BCUT2D eigenvalue weighted by Gasteiger charge is 2.15. The number of carbonyl (C=O) groups excluding carboxylic acids is 1. The fourth-order valence-corrected chi connectivity index (χ4v) is 2.70. The predicted octanol–water partition coefficient (Wildman–Crippen LogP) is 0.299. The highest BCUT2D eigenvalue weighted by atomic mass is 32.2. The van der Waals surface area contributed by atoms with Gasteiger partial charge in [0.25, 0.3) is 5.91 Å². The minimum absolute atomic E-state index is 0.103. The first-order valence-corrected chi connectivity index (χ1v) is 8.26. The van der Waals surface area contributed by atoms with E-state index in [1.165, 1.54) is 12.1 Å². The second kappa shape index (κ2) is 7.20. The first kappa shape index (κ1) is 17.1. The van der Waals surface area contributed by atoms with Gasteiger partial charge < -0.3 is 11.1 Å². The summed E-state index contributed by atoms with van der Waals surface area (Å²) < 4.78 is 36.0. The lowest BCUT2D eigenvalue weighted by molar-refractivity contribution is 0.0943. The number of halogens is 1. The van der Waals surface area contributed by atoms with Gasteiger partial charge in [0.05, 0.1) is 17.9 Å². The maximum atomic E-state index is 13.7. The lowest BCUT2D eigenvalue weighted by atomic mass is 10.1. The van der Waals surface area contributed by atoms with E-state index < -0.39 is 27.6 Å². The van der Waals surface area contributed by atoms with Crippen LogP contribution in [0, 0.1) is 17.7 Å². The lowest BCUT2D eigenvalue weighted by Crippen LogP contribution is -2.37. The van der Waals surface area contributed by atoms with E-state index in [1.807, 2.05) is 0 Å². The van der Waals surface area contributed by atoms with Crippen molar-refractivity contribution in [2.24, 2.45) is 5.73 Å². The molecule has 1 atom stereocenters. The van der Waals surface area contributed by atoms with Gasteiger partial charge in [0.2, 0.25) is 0 Å². The van der Waals surface area contributed by atoms with Crippen molar-refractivity contribution in [3.63, 3.8) is 0 Å². The third-order valence-corrected chi connectivity index (χ3v) is 3.59. The lowest BCUT2D eigenvalue weighted by Gasteiger charge is -2.12. The maximum absolute atomic E-state index is 13.7. The molecule has 0 radical (unpaired) electrons. The molecule has 1 unspecified atom stereocenters. The van der Waals surface area contributed by atoms with Gasteiger partial charge in [0.15, 0.2) is 0 Å². The van der Waals surface area contributed by atoms with E-state index >= 15 is 0 Å². The Bertz CT molecular complexity index is 690. The average Bonchev–Trinajstić information content (AvgIpc) is 2.34. The molecule has 0 saturated heterocycles. The summed E-state index contributed by atoms with van der Waals surface area (Å²) >= 11 is 0. The minimum Gasteiger partial charge on any atom is -0.349 e. The zero-order valence-electron chi connectivity index (χ0n) is 11.8. The van der Waals surface area contributed by atoms with Crippen molar-refractivity contribution in [2.45, 2.75) is 13.0 Å². The molecule has 0 aromatic heterocycles. The molecule has 0 aliphatic rings. The van der Waals surface area contributed by atoms with E-state index in [0.29, 0.717) is 0 Å². The zero-order chi connectivity index (χ0) is 16.0. The van der Waals surface area contributed by atoms with Crippen LogP contribution in [0.1, 0.15) is 22.8 Å². The van der Waals surface area contributed by atoms with Gasteiger partial charge in [-0.15, -0.1) is 0 Å². The van der Waals surface area contributed by atoms with Crippen LogP contribution in [0.5, 0.6) is 0 Å². The summed E-state index contributed by atoms with van der Waals surface area (Å²) in [7, 11) is -3.20. The van der Waals surface area contributed by atoms with Crippen LogP contribution in [0.25, 0.3) is 0 Å². The van der Waals surface area contributed by atoms with Gasteiger partial charge in [0, 0.05) is 17.9 Å². The Balaban J connectivity index is 2.82. The Morgan fingerprint density at radius 2 is 2.14 bits per heavy atom. The summed E-state index contributed by atoms with van der Waals surface area (Å²) in [6, 6.07) is 3.30. The molecule has 0 aliphatic carbocycles. The molecule has 7 heteroatoms. The van der Waals surface area contributed by atoms with Gasteiger partial charge in [-0.3, -0.25) is 4.79 Å². The van der Waals surface area contributed by atoms with Crippen molar-refractivity contribution in [3.8, 4) is 11.8 Å². The summed E-state index contributed by atoms with van der Waals surface area (Å²) in [5.74, 6) is 3.73. The van der Waals surface area contributed by atoms with Crippen molar-refractivity contribution in [1.29, 1.82) is 0 Å². The molecule has 0 spiro atoms. The molecule has 1 aromatic carbocycles. The van der Waals surface area contributed by atoms with E-state index in [2.05, 4.69) is 17.2 Å². The monoisotopic (exact) mass is 312 g/mol. The Morgan fingerprint density at radius 1 is 1.48 bits per heavy atom. The molecule has 1 rings (SSSR count). The topological polar surface area (TPSA) is 89.3 Å². The van der Waals surface area contributed by atoms with E-state index in [4.69, 9.17) is 5.73 Å². The smallest absolute Gasteiger partial charge is 0.251 e. The number of nitrogens with one attached hydrogen (secondary N) is 1. The third-order valence-electron chi connectivity index (χ3n) is 2.49. The summed E-state index contributed by atoms with van der Waals surface area (Å²) in [4.78, 5) is 11.9. The zero-order valence-corrected chi connectivity index (χ0v) is 12.6. The van der Waals surface area contributed by atoms with Crippen LogP contribution in [-0.4, -0.2) is 38.9 Å². The quantitative estimate of drug-likeness (QED) is 0.783. The standard InChI is InChI=1S/C14H17FN2O3S/c1-10(9-21(2,19)20)17-14(18)12-6-5-11(4-3-7-16)13(15)8-12/h5-6,8,10H,7,9,16H2,1-2H3,(H,17,18). The summed E-state index contributed by atoms with van der Waals surface area (Å²) in [5.41, 5.74) is 5.46. The Morgan fingerprint density at radius 3 is 2.67 bits per heavy atom. The number of hydrogen-bond acceptors (Lipinski definition) is 4. The Kier molecular flexibility index (Phi) is 5.88. The van der Waals surface area contributed by atoms with E-state index in [-0.39, 0.29) is 23.4 Å². The number of sulfone groups is 1. The number of rotatable bonds is 4. The summed E-state index contributed by atoms with van der Waals surface area (Å²) in [6.07, 6.45) is 1.08. The highest BCUT2D eigenvalue weighted by molar-refractivity contribution is 7.90. The molecule has 3 N–H and O–H groups in total. The van der Waals surface area contributed by atoms with Crippen molar-refractivity contribution >= 4 is 15.7 Å². The first-order chi connectivity index (χ1) is 9.73. The number of carbonyl (C=O) groups is 1. The number of amides is 1. The molecule has 1 aromatic rings. The second-order valence-electron chi connectivity index (χ2n) is 4.67. The molecular weight excluding hydrogens is 295 g/mol. The van der Waals surface area contributed by atoms with Crippen molar-refractivity contribution in [3.05, 3.63) is 35.1 Å². The third kappa shape index (κ3) is 5.94. The maximum Gasteiger partial charge on any atom is 0.251 e. The van der Waals surface area contributed by atoms with E-state index in [0.717, 1.165) is 12.3 Å². The summed E-state index contributed by atoms with van der Waals surface area (Å²) in [5, 5.41) is 2.50. The van der Waals surface area contributed by atoms with Crippen LogP contribution in [0.15, 0.2) is 18.2 Å². The van der Waals surface area contributed by atoms with Crippen molar-refractivity contribution in [2.75, 3.05) is 18.6 Å². The average molecular weight is 312 g/mol. The number of hydrogen-bond donors (Lipinski definition) is 2. The molecule has 0 saturated carbocycles. The molecule has 114 valence electrons. The van der Waals surface area contributed by atoms with Gasteiger partial charge >= 0.3 is 0 Å². The molecule has 0 bridgehead atoms. The van der Waals surface area contributed by atoms with Crippen LogP contribution in [0.4, 0.5) is 4.39 Å². The van der Waals surface area contributed by atoms with Crippen molar-refractivity contribution < 1.29 is 17.6 Å². The van der Waals surface area contributed by atoms with Crippen LogP contribution in [0.2, 0.25) is 0 Å². The Hall–Kier alpha value is -1.91. The van der Waals surface area contributed by atoms with Gasteiger partial charge in [-0.1, -0.05) is 11.8 Å². The number of nitrogens with two attached hydrogens (primary N) is 1. The van der Waals surface area contributed by atoms with E-state index in [9.17, 15) is 17.6 Å². The summed E-state index contributed by atoms with van der Waals surface area (Å²) in [6.45, 7) is 1.68. The largest absolute Gasteiger partial charge is 0.349 e. The van der Waals surface area contributed by atoms with Gasteiger partial charge in [-0.05, 0) is 25.1 Å². The Labute approximate surface area is 123 Å². The molecule has 0 heterocycles. The van der Waals surface area contributed by atoms with Gasteiger partial charge in [-0.25, -0.2) is 12.8 Å². The fourth-order valence-electron chi connectivity index (χ4n) is 1.71. The molecule has 0 fully saturated rings. The normalized spacial score (nSPS) is 12.2. The molecule has 21 heavy (non-hydrogen) atoms. The van der Waals surface area contributed by atoms with Crippen LogP contribution in [-0.2, 0) is 9.84 Å². The minimum atomic E-state index is -3.20. The van der Waals surface area contributed by atoms with Crippen molar-refractivity contribution in [1.82, 2.24) is 5.32 Å².